The summed E-state index contributed by atoms with van der Waals surface area (Å²) in [6.45, 7) is 3.49. The summed E-state index contributed by atoms with van der Waals surface area (Å²) < 4.78 is 5.18. The number of aryl methyl sites for hydroxylation is 1. The average molecular weight is 367 g/mol. The molecule has 2 N–H and O–H groups in total. The highest BCUT2D eigenvalue weighted by Crippen LogP contribution is 2.30. The van der Waals surface area contributed by atoms with Crippen LogP contribution in [-0.2, 0) is 21.5 Å². The van der Waals surface area contributed by atoms with E-state index >= 15 is 0 Å². The Balaban J connectivity index is 1.77. The van der Waals surface area contributed by atoms with E-state index in [0.29, 0.717) is 11.3 Å². The van der Waals surface area contributed by atoms with Crippen LogP contribution < -0.4 is 15.5 Å². The van der Waals surface area contributed by atoms with Crippen LogP contribution in [0.2, 0.25) is 0 Å². The maximum Gasteiger partial charge on any atom is 0.344 e. The number of carbonyl (C=O) groups excluding carboxylic acids is 3. The predicted octanol–water partition coefficient (Wildman–Crippen LogP) is 2.04. The number of ether oxygens (including phenoxy) is 1. The van der Waals surface area contributed by atoms with E-state index in [9.17, 15) is 14.4 Å². The number of rotatable bonds is 5. The van der Waals surface area contributed by atoms with E-state index in [-0.39, 0.29) is 6.42 Å². The lowest BCUT2D eigenvalue weighted by molar-refractivity contribution is -0.138. The van der Waals surface area contributed by atoms with Crippen LogP contribution in [0.4, 0.5) is 4.79 Å². The molecular formula is C20H21N3O4. The fourth-order valence-corrected chi connectivity index (χ4v) is 3.02. The molecule has 2 aromatic carbocycles. The SMILES string of the molecule is COc1cccc([C@]2(C)NC(=O)N(NC(=O)Cc3ccccc3C)C2=O)c1. The van der Waals surface area contributed by atoms with E-state index in [0.717, 1.165) is 16.1 Å². The van der Waals surface area contributed by atoms with E-state index in [1.807, 2.05) is 31.2 Å². The van der Waals surface area contributed by atoms with Crippen LogP contribution in [-0.4, -0.2) is 30.0 Å². The zero-order valence-corrected chi connectivity index (χ0v) is 15.4. The van der Waals surface area contributed by atoms with E-state index in [4.69, 9.17) is 4.74 Å². The summed E-state index contributed by atoms with van der Waals surface area (Å²) in [5, 5.41) is 3.38. The molecule has 0 unspecified atom stereocenters. The van der Waals surface area contributed by atoms with Gasteiger partial charge in [0.25, 0.3) is 5.91 Å². The zero-order chi connectivity index (χ0) is 19.6. The van der Waals surface area contributed by atoms with Crippen molar-refractivity contribution >= 4 is 17.8 Å². The molecule has 2 aromatic rings. The Morgan fingerprint density at radius 1 is 1.19 bits per heavy atom. The summed E-state index contributed by atoms with van der Waals surface area (Å²) >= 11 is 0. The first-order chi connectivity index (χ1) is 12.8. The molecule has 0 spiro atoms. The minimum absolute atomic E-state index is 0.0691. The number of carbonyl (C=O) groups is 3. The summed E-state index contributed by atoms with van der Waals surface area (Å²) in [6, 6.07) is 13.7. The second-order valence-electron chi connectivity index (χ2n) is 6.57. The fraction of sp³-hybridized carbons (Fsp3) is 0.250. The Labute approximate surface area is 157 Å². The Morgan fingerprint density at radius 2 is 1.93 bits per heavy atom. The van der Waals surface area contributed by atoms with Crippen molar-refractivity contribution in [2.75, 3.05) is 7.11 Å². The lowest BCUT2D eigenvalue weighted by Gasteiger charge is -2.22. The summed E-state index contributed by atoms with van der Waals surface area (Å²) in [7, 11) is 1.52. The van der Waals surface area contributed by atoms with Crippen LogP contribution >= 0.6 is 0 Å². The second kappa shape index (κ2) is 7.11. The highest BCUT2D eigenvalue weighted by molar-refractivity contribution is 6.08. The van der Waals surface area contributed by atoms with Crippen molar-refractivity contribution in [2.45, 2.75) is 25.8 Å². The maximum atomic E-state index is 12.9. The molecule has 0 radical (unpaired) electrons. The minimum atomic E-state index is -1.29. The van der Waals surface area contributed by atoms with Crippen molar-refractivity contribution in [3.63, 3.8) is 0 Å². The standard InChI is InChI=1S/C20H21N3O4/c1-13-7-4-5-8-14(13)11-17(24)22-23-18(25)20(2,21-19(23)26)15-9-6-10-16(12-15)27-3/h4-10,12H,11H2,1-3H3,(H,21,26)(H,22,24)/t20-/m0/s1. The first kappa shape index (κ1) is 18.4. The van der Waals surface area contributed by atoms with E-state index in [1.165, 1.54) is 7.11 Å². The molecule has 1 heterocycles. The number of benzene rings is 2. The summed E-state index contributed by atoms with van der Waals surface area (Å²) in [6.07, 6.45) is 0.0691. The van der Waals surface area contributed by atoms with Crippen LogP contribution in [0.5, 0.6) is 5.75 Å². The topological polar surface area (TPSA) is 87.7 Å². The van der Waals surface area contributed by atoms with E-state index in [1.54, 1.807) is 31.2 Å². The molecule has 0 aliphatic carbocycles. The second-order valence-corrected chi connectivity index (χ2v) is 6.57. The zero-order valence-electron chi connectivity index (χ0n) is 15.4. The van der Waals surface area contributed by atoms with Crippen molar-refractivity contribution in [2.24, 2.45) is 0 Å². The largest absolute Gasteiger partial charge is 0.497 e. The van der Waals surface area contributed by atoms with Gasteiger partial charge in [-0.3, -0.25) is 15.0 Å². The van der Waals surface area contributed by atoms with Crippen molar-refractivity contribution in [1.29, 1.82) is 0 Å². The third-order valence-electron chi connectivity index (χ3n) is 4.69. The van der Waals surface area contributed by atoms with Crippen molar-refractivity contribution < 1.29 is 19.1 Å². The number of hydrogen-bond acceptors (Lipinski definition) is 4. The smallest absolute Gasteiger partial charge is 0.344 e. The Morgan fingerprint density at radius 3 is 2.63 bits per heavy atom. The fourth-order valence-electron chi connectivity index (χ4n) is 3.02. The molecule has 1 fully saturated rings. The molecule has 1 saturated heterocycles. The van der Waals surface area contributed by atoms with Gasteiger partial charge in [-0.25, -0.2) is 4.79 Å². The Kier molecular flexibility index (Phi) is 4.85. The summed E-state index contributed by atoms with van der Waals surface area (Å²) in [5.41, 5.74) is 3.48. The molecule has 1 atom stereocenters. The Hall–Kier alpha value is -3.35. The number of nitrogens with one attached hydrogen (secondary N) is 2. The monoisotopic (exact) mass is 367 g/mol. The van der Waals surface area contributed by atoms with Gasteiger partial charge >= 0.3 is 6.03 Å². The van der Waals surface area contributed by atoms with Crippen molar-refractivity contribution in [3.8, 4) is 5.75 Å². The van der Waals surface area contributed by atoms with Gasteiger partial charge in [0.2, 0.25) is 5.91 Å². The van der Waals surface area contributed by atoms with Gasteiger partial charge in [0.05, 0.1) is 13.5 Å². The van der Waals surface area contributed by atoms with E-state index < -0.39 is 23.4 Å². The molecule has 27 heavy (non-hydrogen) atoms. The lowest BCUT2D eigenvalue weighted by atomic mass is 9.92. The molecule has 3 rings (SSSR count). The van der Waals surface area contributed by atoms with Crippen molar-refractivity contribution in [1.82, 2.24) is 15.8 Å². The first-order valence-electron chi connectivity index (χ1n) is 8.50. The molecule has 4 amide bonds. The van der Waals surface area contributed by atoms with Gasteiger partial charge < -0.3 is 10.1 Å². The number of hydrogen-bond donors (Lipinski definition) is 2. The maximum absolute atomic E-state index is 12.9. The van der Waals surface area contributed by atoms with Gasteiger partial charge in [0.15, 0.2) is 0 Å². The van der Waals surface area contributed by atoms with Gasteiger partial charge in [-0.15, -0.1) is 0 Å². The highest BCUT2D eigenvalue weighted by Gasteiger charge is 2.50. The number of imide groups is 1. The van der Waals surface area contributed by atoms with Crippen LogP contribution in [0.1, 0.15) is 23.6 Å². The quantitative estimate of drug-likeness (QED) is 0.792. The van der Waals surface area contributed by atoms with Gasteiger partial charge in [0.1, 0.15) is 11.3 Å². The van der Waals surface area contributed by atoms with E-state index in [2.05, 4.69) is 10.7 Å². The van der Waals surface area contributed by atoms with Crippen LogP contribution in [0.25, 0.3) is 0 Å². The molecule has 7 heteroatoms. The molecule has 0 saturated carbocycles. The number of urea groups is 1. The van der Waals surface area contributed by atoms with Gasteiger partial charge in [0, 0.05) is 0 Å². The summed E-state index contributed by atoms with van der Waals surface area (Å²) in [5.74, 6) is -0.431. The van der Waals surface area contributed by atoms with Crippen LogP contribution in [0.15, 0.2) is 48.5 Å². The molecule has 1 aliphatic rings. The van der Waals surface area contributed by atoms with Gasteiger partial charge in [-0.2, -0.15) is 5.01 Å². The third kappa shape index (κ3) is 3.48. The molecule has 1 aliphatic heterocycles. The molecule has 140 valence electrons. The minimum Gasteiger partial charge on any atom is -0.497 e. The lowest BCUT2D eigenvalue weighted by Crippen LogP contribution is -2.48. The van der Waals surface area contributed by atoms with Gasteiger partial charge in [-0.1, -0.05) is 36.4 Å². The molecule has 0 aromatic heterocycles. The van der Waals surface area contributed by atoms with Crippen LogP contribution in [0.3, 0.4) is 0 Å². The average Bonchev–Trinajstić information content (AvgIpc) is 2.88. The normalized spacial score (nSPS) is 19.0. The molecular weight excluding hydrogens is 346 g/mol. The molecule has 0 bridgehead atoms. The number of hydrazine groups is 1. The number of methoxy groups -OCH3 is 1. The van der Waals surface area contributed by atoms with Gasteiger partial charge in [-0.05, 0) is 42.7 Å². The predicted molar refractivity (Wildman–Crippen MR) is 98.7 cm³/mol. The highest BCUT2D eigenvalue weighted by atomic mass is 16.5. The number of nitrogens with zero attached hydrogens (tertiary/aromatic N) is 1. The summed E-state index contributed by atoms with van der Waals surface area (Å²) in [4.78, 5) is 37.6. The third-order valence-corrected chi connectivity index (χ3v) is 4.69. The first-order valence-corrected chi connectivity index (χ1v) is 8.50. The number of amides is 4. The Bertz CT molecular complexity index is 912. The molecule has 7 nitrogen and oxygen atoms in total. The van der Waals surface area contributed by atoms with Crippen molar-refractivity contribution in [3.05, 3.63) is 65.2 Å². The van der Waals surface area contributed by atoms with Crippen LogP contribution in [0, 0.1) is 6.92 Å².